The molecule has 0 aromatic heterocycles. The second-order valence-corrected chi connectivity index (χ2v) is 6.06. The summed E-state index contributed by atoms with van der Waals surface area (Å²) in [4.78, 5) is 11.0. The monoisotopic (exact) mass is 325 g/mol. The van der Waals surface area contributed by atoms with Crippen LogP contribution in [0.2, 0.25) is 0 Å². The maximum absolute atomic E-state index is 11.0. The van der Waals surface area contributed by atoms with E-state index in [-0.39, 0.29) is 0 Å². The van der Waals surface area contributed by atoms with Gasteiger partial charge in [-0.05, 0) is 52.9 Å². The summed E-state index contributed by atoms with van der Waals surface area (Å²) in [6.45, 7) is 2.24. The molecule has 0 radical (unpaired) electrons. The molecule has 2 atom stereocenters. The predicted molar refractivity (Wildman–Crippen MR) is 80.8 cm³/mol. The van der Waals surface area contributed by atoms with Crippen molar-refractivity contribution in [3.05, 3.63) is 28.2 Å². The van der Waals surface area contributed by atoms with E-state index in [2.05, 4.69) is 28.2 Å². The van der Waals surface area contributed by atoms with E-state index < -0.39 is 5.97 Å². The molecule has 0 bridgehead atoms. The quantitative estimate of drug-likeness (QED) is 0.855. The molecule has 0 heterocycles. The first kappa shape index (κ1) is 14.4. The Bertz CT molecular complexity index is 461. The van der Waals surface area contributed by atoms with Crippen LogP contribution in [0.15, 0.2) is 22.7 Å². The van der Waals surface area contributed by atoms with Crippen molar-refractivity contribution in [3.63, 3.8) is 0 Å². The molecule has 2 N–H and O–H groups in total. The lowest BCUT2D eigenvalue weighted by atomic mass is 9.83. The van der Waals surface area contributed by atoms with Gasteiger partial charge < -0.3 is 10.4 Å². The molecule has 0 amide bonds. The number of carbonyl (C=O) groups is 1. The summed E-state index contributed by atoms with van der Waals surface area (Å²) in [5, 5.41) is 12.6. The van der Waals surface area contributed by atoms with Crippen LogP contribution in [0, 0.1) is 5.92 Å². The summed E-state index contributed by atoms with van der Waals surface area (Å²) >= 11 is 3.32. The third-order valence-corrected chi connectivity index (χ3v) is 4.64. The molecular formula is C15H20BrNO2. The minimum Gasteiger partial charge on any atom is -0.478 e. The van der Waals surface area contributed by atoms with Gasteiger partial charge in [-0.2, -0.15) is 0 Å². The van der Waals surface area contributed by atoms with Crippen LogP contribution in [0.3, 0.4) is 0 Å². The van der Waals surface area contributed by atoms with E-state index in [4.69, 9.17) is 5.11 Å². The lowest BCUT2D eigenvalue weighted by Gasteiger charge is -2.32. The lowest BCUT2D eigenvalue weighted by molar-refractivity contribution is 0.0696. The molecule has 0 spiro atoms. The Morgan fingerprint density at radius 2 is 2.16 bits per heavy atom. The zero-order valence-corrected chi connectivity index (χ0v) is 12.7. The number of hydrogen-bond acceptors (Lipinski definition) is 2. The predicted octanol–water partition coefficient (Wildman–Crippen LogP) is 4.53. The molecule has 3 nitrogen and oxygen atoms in total. The molecule has 104 valence electrons. The van der Waals surface area contributed by atoms with Crippen molar-refractivity contribution in [2.24, 2.45) is 5.92 Å². The van der Waals surface area contributed by atoms with Crippen molar-refractivity contribution in [1.82, 2.24) is 0 Å². The first-order chi connectivity index (χ1) is 9.11. The largest absolute Gasteiger partial charge is 0.478 e. The van der Waals surface area contributed by atoms with Gasteiger partial charge in [-0.25, -0.2) is 4.79 Å². The van der Waals surface area contributed by atoms with E-state index in [1.807, 2.05) is 12.1 Å². The fourth-order valence-electron chi connectivity index (χ4n) is 2.88. The van der Waals surface area contributed by atoms with Crippen LogP contribution in [-0.2, 0) is 0 Å². The minimum absolute atomic E-state index is 0.307. The molecule has 0 aliphatic heterocycles. The third kappa shape index (κ3) is 3.50. The van der Waals surface area contributed by atoms with E-state index >= 15 is 0 Å². The Morgan fingerprint density at radius 3 is 2.79 bits per heavy atom. The van der Waals surface area contributed by atoms with Crippen molar-refractivity contribution in [2.75, 3.05) is 5.32 Å². The molecule has 0 saturated heterocycles. The number of carboxylic acid groups (broad SMARTS) is 1. The average molecular weight is 326 g/mol. The number of halogens is 1. The van der Waals surface area contributed by atoms with Crippen LogP contribution in [0.5, 0.6) is 0 Å². The van der Waals surface area contributed by atoms with E-state index in [1.165, 1.54) is 32.1 Å². The van der Waals surface area contributed by atoms with Gasteiger partial charge in [-0.1, -0.05) is 26.2 Å². The highest BCUT2D eigenvalue weighted by Gasteiger charge is 2.23. The Labute approximate surface area is 122 Å². The van der Waals surface area contributed by atoms with Crippen LogP contribution in [0.4, 0.5) is 5.69 Å². The standard InChI is InChI=1S/C15H20BrNO2/c1-2-10-5-3-4-6-14(10)17-11-7-8-12(15(18)19)13(16)9-11/h7-10,14,17H,2-6H2,1H3,(H,18,19). The van der Waals surface area contributed by atoms with Crippen LogP contribution < -0.4 is 5.32 Å². The highest BCUT2D eigenvalue weighted by molar-refractivity contribution is 9.10. The Morgan fingerprint density at radius 1 is 1.42 bits per heavy atom. The maximum Gasteiger partial charge on any atom is 0.336 e. The zero-order valence-electron chi connectivity index (χ0n) is 11.2. The molecule has 1 aromatic rings. The van der Waals surface area contributed by atoms with Crippen LogP contribution in [0.1, 0.15) is 49.4 Å². The van der Waals surface area contributed by atoms with Crippen molar-refractivity contribution in [1.29, 1.82) is 0 Å². The molecular weight excluding hydrogens is 306 g/mol. The van der Waals surface area contributed by atoms with E-state index in [9.17, 15) is 4.79 Å². The Balaban J connectivity index is 2.10. The minimum atomic E-state index is -0.900. The van der Waals surface area contributed by atoms with Gasteiger partial charge in [0, 0.05) is 16.2 Å². The number of anilines is 1. The van der Waals surface area contributed by atoms with Gasteiger partial charge in [0.1, 0.15) is 0 Å². The van der Waals surface area contributed by atoms with Gasteiger partial charge in [-0.15, -0.1) is 0 Å². The Hall–Kier alpha value is -1.03. The van der Waals surface area contributed by atoms with E-state index in [0.717, 1.165) is 11.6 Å². The Kier molecular flexibility index (Phi) is 4.86. The fraction of sp³-hybridized carbons (Fsp3) is 0.533. The summed E-state index contributed by atoms with van der Waals surface area (Å²) < 4.78 is 0.633. The number of nitrogens with one attached hydrogen (secondary N) is 1. The summed E-state index contributed by atoms with van der Waals surface area (Å²) in [7, 11) is 0. The fourth-order valence-corrected chi connectivity index (χ4v) is 3.43. The van der Waals surface area contributed by atoms with Crippen LogP contribution >= 0.6 is 15.9 Å². The van der Waals surface area contributed by atoms with Gasteiger partial charge >= 0.3 is 5.97 Å². The van der Waals surface area contributed by atoms with Gasteiger partial charge in [0.15, 0.2) is 0 Å². The smallest absolute Gasteiger partial charge is 0.336 e. The van der Waals surface area contributed by atoms with Crippen molar-refractivity contribution >= 4 is 27.6 Å². The first-order valence-electron chi connectivity index (χ1n) is 6.91. The topological polar surface area (TPSA) is 49.3 Å². The number of benzene rings is 1. The molecule has 4 heteroatoms. The summed E-state index contributed by atoms with van der Waals surface area (Å²) in [6, 6.07) is 5.89. The summed E-state index contributed by atoms with van der Waals surface area (Å²) in [6.07, 6.45) is 6.31. The second-order valence-electron chi connectivity index (χ2n) is 5.20. The second kappa shape index (κ2) is 6.42. The van der Waals surface area contributed by atoms with Crippen LogP contribution in [0.25, 0.3) is 0 Å². The maximum atomic E-state index is 11.0. The lowest BCUT2D eigenvalue weighted by Crippen LogP contribution is -2.31. The molecule has 1 aromatic carbocycles. The normalized spacial score (nSPS) is 23.1. The zero-order chi connectivity index (χ0) is 13.8. The molecule has 1 saturated carbocycles. The first-order valence-corrected chi connectivity index (χ1v) is 7.70. The summed E-state index contributed by atoms with van der Waals surface area (Å²) in [5.74, 6) is -0.172. The highest BCUT2D eigenvalue weighted by atomic mass is 79.9. The molecule has 2 unspecified atom stereocenters. The highest BCUT2D eigenvalue weighted by Crippen LogP contribution is 2.30. The van der Waals surface area contributed by atoms with Gasteiger partial charge in [0.25, 0.3) is 0 Å². The van der Waals surface area contributed by atoms with Crippen molar-refractivity contribution < 1.29 is 9.90 Å². The number of rotatable bonds is 4. The van der Waals surface area contributed by atoms with E-state index in [0.29, 0.717) is 16.1 Å². The average Bonchev–Trinajstić information content (AvgIpc) is 2.39. The molecule has 1 fully saturated rings. The summed E-state index contributed by atoms with van der Waals surface area (Å²) in [5.41, 5.74) is 1.31. The number of aromatic carboxylic acids is 1. The molecule has 1 aliphatic rings. The van der Waals surface area contributed by atoms with Crippen molar-refractivity contribution in [3.8, 4) is 0 Å². The van der Waals surface area contributed by atoms with Crippen molar-refractivity contribution in [2.45, 2.75) is 45.1 Å². The van der Waals surface area contributed by atoms with Gasteiger partial charge in [-0.3, -0.25) is 0 Å². The molecule has 2 rings (SSSR count). The SMILES string of the molecule is CCC1CCCCC1Nc1ccc(C(=O)O)c(Br)c1. The van der Waals surface area contributed by atoms with Gasteiger partial charge in [0.05, 0.1) is 5.56 Å². The third-order valence-electron chi connectivity index (χ3n) is 3.99. The van der Waals surface area contributed by atoms with E-state index in [1.54, 1.807) is 6.07 Å². The molecule has 19 heavy (non-hydrogen) atoms. The van der Waals surface area contributed by atoms with Crippen LogP contribution in [-0.4, -0.2) is 17.1 Å². The molecule has 1 aliphatic carbocycles. The number of hydrogen-bond donors (Lipinski definition) is 2. The number of carboxylic acids is 1. The van der Waals surface area contributed by atoms with Gasteiger partial charge in [0.2, 0.25) is 0 Å².